The number of hydrogen-bond acceptors (Lipinski definition) is 5. The van der Waals surface area contributed by atoms with Crippen LogP contribution in [-0.4, -0.2) is 25.2 Å². The van der Waals surface area contributed by atoms with Crippen LogP contribution in [0.25, 0.3) is 0 Å². The van der Waals surface area contributed by atoms with Crippen molar-refractivity contribution in [2.24, 2.45) is 0 Å². The molecule has 0 unspecified atom stereocenters. The van der Waals surface area contributed by atoms with Gasteiger partial charge in [0, 0.05) is 31.9 Å². The summed E-state index contributed by atoms with van der Waals surface area (Å²) < 4.78 is 11.0. The van der Waals surface area contributed by atoms with Crippen LogP contribution >= 0.6 is 0 Å². The smallest absolute Gasteiger partial charge is 0.251 e. The maximum absolute atomic E-state index is 12.5. The van der Waals surface area contributed by atoms with Crippen LogP contribution in [0.15, 0.2) is 53.1 Å². The van der Waals surface area contributed by atoms with Crippen molar-refractivity contribution in [1.82, 2.24) is 10.5 Å². The zero-order valence-corrected chi connectivity index (χ0v) is 16.7. The highest BCUT2D eigenvalue weighted by atomic mass is 16.5. The first-order valence-corrected chi connectivity index (χ1v) is 9.13. The summed E-state index contributed by atoms with van der Waals surface area (Å²) in [5, 5.41) is 6.87. The molecule has 0 radical (unpaired) electrons. The van der Waals surface area contributed by atoms with Crippen molar-refractivity contribution in [2.75, 3.05) is 19.0 Å². The predicted octanol–water partition coefficient (Wildman–Crippen LogP) is 3.87. The van der Waals surface area contributed by atoms with Crippen LogP contribution in [0.2, 0.25) is 0 Å². The minimum absolute atomic E-state index is 0.139. The summed E-state index contributed by atoms with van der Waals surface area (Å²) in [6, 6.07) is 15.2. The van der Waals surface area contributed by atoms with E-state index in [-0.39, 0.29) is 5.91 Å². The number of rotatable bonds is 7. The van der Waals surface area contributed by atoms with Gasteiger partial charge >= 0.3 is 0 Å². The normalized spacial score (nSPS) is 10.6. The SMILES string of the molecule is Cc1noc(C)c1COc1cccc(C(=O)NCc2ccc(N(C)C)cc2)c1. The molecule has 3 rings (SSSR count). The molecule has 0 saturated carbocycles. The molecule has 0 atom stereocenters. The second-order valence-electron chi connectivity index (χ2n) is 6.86. The number of carbonyl (C=O) groups excluding carboxylic acids is 1. The summed E-state index contributed by atoms with van der Waals surface area (Å²) in [5.74, 6) is 1.23. The number of anilines is 1. The number of carbonyl (C=O) groups is 1. The lowest BCUT2D eigenvalue weighted by atomic mass is 10.1. The van der Waals surface area contributed by atoms with E-state index in [0.29, 0.717) is 24.5 Å². The maximum atomic E-state index is 12.5. The quantitative estimate of drug-likeness (QED) is 0.675. The van der Waals surface area contributed by atoms with E-state index in [0.717, 1.165) is 28.3 Å². The standard InChI is InChI=1S/C22H25N3O3/c1-15-21(16(2)28-24-15)14-27-20-7-5-6-18(12-20)22(26)23-13-17-8-10-19(11-9-17)25(3)4/h5-12H,13-14H2,1-4H3,(H,23,26). The fraction of sp³-hybridized carbons (Fsp3) is 0.273. The van der Waals surface area contributed by atoms with Gasteiger partial charge in [0.15, 0.2) is 0 Å². The van der Waals surface area contributed by atoms with Crippen molar-refractivity contribution in [3.8, 4) is 5.75 Å². The van der Waals surface area contributed by atoms with Crippen LogP contribution in [0.1, 0.15) is 32.9 Å². The molecule has 6 nitrogen and oxygen atoms in total. The van der Waals surface area contributed by atoms with E-state index < -0.39 is 0 Å². The molecule has 0 aliphatic carbocycles. The van der Waals surface area contributed by atoms with Crippen molar-refractivity contribution in [3.05, 3.63) is 76.7 Å². The van der Waals surface area contributed by atoms with E-state index in [9.17, 15) is 4.79 Å². The van der Waals surface area contributed by atoms with Gasteiger partial charge in [-0.1, -0.05) is 23.4 Å². The zero-order valence-electron chi connectivity index (χ0n) is 16.7. The lowest BCUT2D eigenvalue weighted by Crippen LogP contribution is -2.22. The third-order valence-electron chi connectivity index (χ3n) is 4.57. The van der Waals surface area contributed by atoms with Crippen molar-refractivity contribution in [1.29, 1.82) is 0 Å². The molecule has 1 amide bonds. The molecule has 0 saturated heterocycles. The number of amides is 1. The number of nitrogens with one attached hydrogen (secondary N) is 1. The van der Waals surface area contributed by atoms with Gasteiger partial charge in [0.25, 0.3) is 5.91 Å². The lowest BCUT2D eigenvalue weighted by molar-refractivity contribution is 0.0950. The number of nitrogens with zero attached hydrogens (tertiary/aromatic N) is 2. The Bertz CT molecular complexity index is 926. The molecule has 2 aromatic carbocycles. The molecule has 0 aliphatic heterocycles. The monoisotopic (exact) mass is 379 g/mol. The van der Waals surface area contributed by atoms with Crippen molar-refractivity contribution < 1.29 is 14.1 Å². The average molecular weight is 379 g/mol. The molecule has 1 aromatic heterocycles. The van der Waals surface area contributed by atoms with E-state index in [1.807, 2.05) is 69.2 Å². The van der Waals surface area contributed by atoms with Crippen LogP contribution in [0.5, 0.6) is 5.75 Å². The summed E-state index contributed by atoms with van der Waals surface area (Å²) in [6.07, 6.45) is 0. The molecular weight excluding hydrogens is 354 g/mol. The largest absolute Gasteiger partial charge is 0.489 e. The zero-order chi connectivity index (χ0) is 20.1. The summed E-state index contributed by atoms with van der Waals surface area (Å²) >= 11 is 0. The minimum atomic E-state index is -0.139. The number of ether oxygens (including phenoxy) is 1. The van der Waals surface area contributed by atoms with Gasteiger partial charge in [-0.25, -0.2) is 0 Å². The van der Waals surface area contributed by atoms with Crippen molar-refractivity contribution in [3.63, 3.8) is 0 Å². The number of benzene rings is 2. The molecule has 6 heteroatoms. The Morgan fingerprint density at radius 2 is 1.89 bits per heavy atom. The summed E-state index contributed by atoms with van der Waals surface area (Å²) in [7, 11) is 4.00. The molecule has 1 heterocycles. The van der Waals surface area contributed by atoms with Crippen LogP contribution < -0.4 is 15.0 Å². The molecule has 28 heavy (non-hydrogen) atoms. The number of aromatic nitrogens is 1. The minimum Gasteiger partial charge on any atom is -0.489 e. The van der Waals surface area contributed by atoms with E-state index in [1.54, 1.807) is 12.1 Å². The molecule has 1 N–H and O–H groups in total. The first-order valence-electron chi connectivity index (χ1n) is 9.13. The van der Waals surface area contributed by atoms with Crippen molar-refractivity contribution >= 4 is 11.6 Å². The number of aryl methyl sites for hydroxylation is 2. The van der Waals surface area contributed by atoms with E-state index >= 15 is 0 Å². The Labute approximate surface area is 165 Å². The Kier molecular flexibility index (Phi) is 5.99. The first kappa shape index (κ1) is 19.5. The Morgan fingerprint density at radius 3 is 2.54 bits per heavy atom. The molecule has 0 spiro atoms. The van der Waals surface area contributed by atoms with E-state index in [2.05, 4.69) is 10.5 Å². The fourth-order valence-electron chi connectivity index (χ4n) is 2.79. The molecular formula is C22H25N3O3. The average Bonchev–Trinajstić information content (AvgIpc) is 3.02. The van der Waals surface area contributed by atoms with Gasteiger partial charge in [-0.2, -0.15) is 0 Å². The van der Waals surface area contributed by atoms with Crippen LogP contribution in [0.4, 0.5) is 5.69 Å². The second kappa shape index (κ2) is 8.61. The molecule has 146 valence electrons. The Hall–Kier alpha value is -3.28. The van der Waals surface area contributed by atoms with Gasteiger partial charge < -0.3 is 19.5 Å². The lowest BCUT2D eigenvalue weighted by Gasteiger charge is -2.13. The fourth-order valence-corrected chi connectivity index (χ4v) is 2.79. The highest BCUT2D eigenvalue weighted by molar-refractivity contribution is 5.94. The molecule has 0 aliphatic rings. The highest BCUT2D eigenvalue weighted by Gasteiger charge is 2.11. The summed E-state index contributed by atoms with van der Waals surface area (Å²) in [5.41, 5.74) is 4.46. The first-order chi connectivity index (χ1) is 13.4. The molecule has 0 fully saturated rings. The highest BCUT2D eigenvalue weighted by Crippen LogP contribution is 2.19. The van der Waals surface area contributed by atoms with Gasteiger partial charge in [0.05, 0.1) is 11.3 Å². The third kappa shape index (κ3) is 4.71. The topological polar surface area (TPSA) is 67.6 Å². The third-order valence-corrected chi connectivity index (χ3v) is 4.57. The van der Waals surface area contributed by atoms with E-state index in [1.165, 1.54) is 0 Å². The number of hydrogen-bond donors (Lipinski definition) is 1. The van der Waals surface area contributed by atoms with Gasteiger partial charge in [-0.3, -0.25) is 4.79 Å². The van der Waals surface area contributed by atoms with E-state index in [4.69, 9.17) is 9.26 Å². The molecule has 3 aromatic rings. The van der Waals surface area contributed by atoms with Gasteiger partial charge in [-0.05, 0) is 49.7 Å². The Morgan fingerprint density at radius 1 is 1.14 bits per heavy atom. The predicted molar refractivity (Wildman–Crippen MR) is 109 cm³/mol. The van der Waals surface area contributed by atoms with Gasteiger partial charge in [0.2, 0.25) is 0 Å². The summed E-state index contributed by atoms with van der Waals surface area (Å²) in [4.78, 5) is 14.5. The second-order valence-corrected chi connectivity index (χ2v) is 6.86. The summed E-state index contributed by atoms with van der Waals surface area (Å²) in [6.45, 7) is 4.55. The van der Waals surface area contributed by atoms with Crippen LogP contribution in [0, 0.1) is 13.8 Å². The maximum Gasteiger partial charge on any atom is 0.251 e. The molecule has 0 bridgehead atoms. The van der Waals surface area contributed by atoms with Crippen molar-refractivity contribution in [2.45, 2.75) is 27.0 Å². The van der Waals surface area contributed by atoms with Crippen LogP contribution in [-0.2, 0) is 13.2 Å². The van der Waals surface area contributed by atoms with Gasteiger partial charge in [0.1, 0.15) is 18.1 Å². The van der Waals surface area contributed by atoms with Crippen LogP contribution in [0.3, 0.4) is 0 Å². The van der Waals surface area contributed by atoms with Gasteiger partial charge in [-0.15, -0.1) is 0 Å². The Balaban J connectivity index is 1.59.